The first-order valence-electron chi connectivity index (χ1n) is 8.26. The number of hydrogen-bond donors (Lipinski definition) is 0. The third-order valence-electron chi connectivity index (χ3n) is 3.82. The van der Waals surface area contributed by atoms with Gasteiger partial charge in [0.05, 0.1) is 6.61 Å². The lowest BCUT2D eigenvalue weighted by atomic mass is 9.81. The van der Waals surface area contributed by atoms with E-state index in [9.17, 15) is 4.79 Å². The fraction of sp³-hybridized carbons (Fsp3) is 0.737. The minimum atomic E-state index is -0.232. The van der Waals surface area contributed by atoms with Crippen molar-refractivity contribution >= 4 is 5.97 Å². The third-order valence-corrected chi connectivity index (χ3v) is 3.82. The average Bonchev–Trinajstić information content (AvgIpc) is 2.35. The van der Waals surface area contributed by atoms with Gasteiger partial charge in [-0.15, -0.1) is 6.58 Å². The predicted molar refractivity (Wildman–Crippen MR) is 91.2 cm³/mol. The van der Waals surface area contributed by atoms with E-state index in [-0.39, 0.29) is 5.97 Å². The molecule has 122 valence electrons. The highest BCUT2D eigenvalue weighted by atomic mass is 16.5. The molecule has 0 bridgehead atoms. The number of hydrogen-bond acceptors (Lipinski definition) is 2. The van der Waals surface area contributed by atoms with Gasteiger partial charge in [0.1, 0.15) is 0 Å². The summed E-state index contributed by atoms with van der Waals surface area (Å²) in [6, 6.07) is 0. The van der Waals surface area contributed by atoms with Gasteiger partial charge in [-0.05, 0) is 57.3 Å². The van der Waals surface area contributed by atoms with E-state index in [1.54, 1.807) is 6.08 Å². The molecule has 2 heteroatoms. The topological polar surface area (TPSA) is 26.3 Å². The van der Waals surface area contributed by atoms with Crippen LogP contribution in [0.2, 0.25) is 0 Å². The maximum Gasteiger partial charge on any atom is 0.330 e. The number of carbonyl (C=O) groups is 1. The molecule has 21 heavy (non-hydrogen) atoms. The first-order chi connectivity index (χ1) is 9.76. The highest BCUT2D eigenvalue weighted by molar-refractivity contribution is 5.81. The molecule has 0 radical (unpaired) electrons. The molecule has 1 atom stereocenters. The van der Waals surface area contributed by atoms with Gasteiger partial charge in [0.25, 0.3) is 0 Å². The minimum Gasteiger partial charge on any atom is -0.463 e. The van der Waals surface area contributed by atoms with E-state index in [1.165, 1.54) is 31.3 Å². The van der Waals surface area contributed by atoms with Crippen LogP contribution in [-0.2, 0) is 9.53 Å². The Balaban J connectivity index is 3.89. The predicted octanol–water partition coefficient (Wildman–Crippen LogP) is 5.68. The van der Waals surface area contributed by atoms with E-state index >= 15 is 0 Å². The summed E-state index contributed by atoms with van der Waals surface area (Å²) in [5.74, 6) is 0.199. The molecule has 0 spiro atoms. The van der Waals surface area contributed by atoms with Crippen molar-refractivity contribution in [2.75, 3.05) is 6.61 Å². The molecule has 0 fully saturated rings. The SMILES string of the molecule is C=C(C)CCCC(C)(C)CCCC(C)/C=C/C(=O)OCC. The normalized spacial score (nSPS) is 13.4. The summed E-state index contributed by atoms with van der Waals surface area (Å²) >= 11 is 0. The Bertz CT molecular complexity index is 339. The molecule has 1 unspecified atom stereocenters. The first-order valence-corrected chi connectivity index (χ1v) is 8.26. The molecule has 0 heterocycles. The summed E-state index contributed by atoms with van der Waals surface area (Å²) in [6.07, 6.45) is 10.7. The lowest BCUT2D eigenvalue weighted by Gasteiger charge is -2.25. The molecule has 0 aliphatic heterocycles. The van der Waals surface area contributed by atoms with Crippen molar-refractivity contribution in [2.45, 2.75) is 73.1 Å². The smallest absolute Gasteiger partial charge is 0.330 e. The number of rotatable bonds is 11. The van der Waals surface area contributed by atoms with Crippen molar-refractivity contribution < 1.29 is 9.53 Å². The van der Waals surface area contributed by atoms with Crippen LogP contribution in [0.25, 0.3) is 0 Å². The molecular formula is C19H34O2. The van der Waals surface area contributed by atoms with Crippen LogP contribution in [0.5, 0.6) is 0 Å². The van der Waals surface area contributed by atoms with E-state index in [2.05, 4.69) is 34.3 Å². The van der Waals surface area contributed by atoms with Crippen LogP contribution in [0.15, 0.2) is 24.3 Å². The first kappa shape index (κ1) is 19.9. The second kappa shape index (κ2) is 10.6. The van der Waals surface area contributed by atoms with Crippen molar-refractivity contribution in [1.82, 2.24) is 0 Å². The van der Waals surface area contributed by atoms with Crippen molar-refractivity contribution in [2.24, 2.45) is 11.3 Å². The Morgan fingerprint density at radius 1 is 1.29 bits per heavy atom. The fourth-order valence-electron chi connectivity index (χ4n) is 2.43. The van der Waals surface area contributed by atoms with Crippen LogP contribution in [0.3, 0.4) is 0 Å². The molecule has 0 aromatic carbocycles. The highest BCUT2D eigenvalue weighted by Crippen LogP contribution is 2.31. The van der Waals surface area contributed by atoms with Crippen LogP contribution >= 0.6 is 0 Å². The Kier molecular flexibility index (Phi) is 10.1. The van der Waals surface area contributed by atoms with Gasteiger partial charge >= 0.3 is 5.97 Å². The fourth-order valence-corrected chi connectivity index (χ4v) is 2.43. The average molecular weight is 294 g/mol. The zero-order valence-electron chi connectivity index (χ0n) is 14.7. The molecule has 0 aromatic heterocycles. The monoisotopic (exact) mass is 294 g/mol. The largest absolute Gasteiger partial charge is 0.463 e. The van der Waals surface area contributed by atoms with Gasteiger partial charge in [-0.3, -0.25) is 0 Å². The number of ether oxygens (including phenoxy) is 1. The minimum absolute atomic E-state index is 0.232. The van der Waals surface area contributed by atoms with Crippen LogP contribution in [0.4, 0.5) is 0 Å². The quantitative estimate of drug-likeness (QED) is 0.278. The standard InChI is InChI=1S/C19H34O2/c1-7-21-18(20)13-12-17(4)11-9-15-19(5,6)14-8-10-16(2)3/h12-13,17H,2,7-11,14-15H2,1,3-6H3/b13-12+. The second-order valence-electron chi connectivity index (χ2n) is 6.96. The number of esters is 1. The summed E-state index contributed by atoms with van der Waals surface area (Å²) in [5, 5.41) is 0. The highest BCUT2D eigenvalue weighted by Gasteiger charge is 2.17. The summed E-state index contributed by atoms with van der Waals surface area (Å²) in [4.78, 5) is 11.2. The van der Waals surface area contributed by atoms with E-state index < -0.39 is 0 Å². The van der Waals surface area contributed by atoms with E-state index in [4.69, 9.17) is 4.74 Å². The molecule has 0 aromatic rings. The zero-order valence-corrected chi connectivity index (χ0v) is 14.7. The third kappa shape index (κ3) is 12.4. The van der Waals surface area contributed by atoms with Crippen molar-refractivity contribution in [3.63, 3.8) is 0 Å². The van der Waals surface area contributed by atoms with Crippen LogP contribution in [-0.4, -0.2) is 12.6 Å². The molecule has 0 saturated carbocycles. The summed E-state index contributed by atoms with van der Waals surface area (Å²) in [7, 11) is 0. The Labute approximate surface area is 131 Å². The molecule has 0 saturated heterocycles. The van der Waals surface area contributed by atoms with Gasteiger partial charge in [0.15, 0.2) is 0 Å². The molecule has 0 aliphatic rings. The molecule has 0 N–H and O–H groups in total. The van der Waals surface area contributed by atoms with Crippen LogP contribution in [0, 0.1) is 11.3 Å². The molecule has 2 nitrogen and oxygen atoms in total. The van der Waals surface area contributed by atoms with Crippen LogP contribution < -0.4 is 0 Å². The summed E-state index contributed by atoms with van der Waals surface area (Å²) in [6.45, 7) is 15.2. The van der Waals surface area contributed by atoms with Gasteiger partial charge in [0.2, 0.25) is 0 Å². The van der Waals surface area contributed by atoms with Gasteiger partial charge in [0, 0.05) is 6.08 Å². The van der Waals surface area contributed by atoms with Gasteiger partial charge < -0.3 is 4.74 Å². The molecule has 0 aliphatic carbocycles. The Hall–Kier alpha value is -1.05. The zero-order chi connectivity index (χ0) is 16.3. The molecule has 0 rings (SSSR count). The Morgan fingerprint density at radius 2 is 1.90 bits per heavy atom. The Morgan fingerprint density at radius 3 is 2.48 bits per heavy atom. The lowest BCUT2D eigenvalue weighted by Crippen LogP contribution is -2.11. The van der Waals surface area contributed by atoms with Crippen molar-refractivity contribution in [3.05, 3.63) is 24.3 Å². The maximum absolute atomic E-state index is 11.2. The van der Waals surface area contributed by atoms with E-state index in [0.29, 0.717) is 17.9 Å². The van der Waals surface area contributed by atoms with Gasteiger partial charge in [-0.25, -0.2) is 4.79 Å². The number of carbonyl (C=O) groups excluding carboxylic acids is 1. The van der Waals surface area contributed by atoms with E-state index in [0.717, 1.165) is 12.8 Å². The summed E-state index contributed by atoms with van der Waals surface area (Å²) in [5.41, 5.74) is 1.68. The van der Waals surface area contributed by atoms with Crippen molar-refractivity contribution in [3.8, 4) is 0 Å². The van der Waals surface area contributed by atoms with Gasteiger partial charge in [-0.1, -0.05) is 38.8 Å². The van der Waals surface area contributed by atoms with Gasteiger partial charge in [-0.2, -0.15) is 0 Å². The molecule has 0 amide bonds. The lowest BCUT2D eigenvalue weighted by molar-refractivity contribution is -0.137. The van der Waals surface area contributed by atoms with Crippen LogP contribution in [0.1, 0.15) is 73.1 Å². The maximum atomic E-state index is 11.2. The molecular weight excluding hydrogens is 260 g/mol. The van der Waals surface area contributed by atoms with E-state index in [1.807, 2.05) is 13.0 Å². The summed E-state index contributed by atoms with van der Waals surface area (Å²) < 4.78 is 4.88. The van der Waals surface area contributed by atoms with Crippen molar-refractivity contribution in [1.29, 1.82) is 0 Å². The number of allylic oxidation sites excluding steroid dienone is 2. The second-order valence-corrected chi connectivity index (χ2v) is 6.96.